The standard InChI is InChI=1S/C48H59BN2O/c1-43(2,3)28-16-17-38-32(25-28)40-41(52-38)49-37-27-35-34(46(10,11)19-20-47(35,12)13)26-36(37)48(14,15)33-18-21-50-42(39(33)49)51(40)31-23-29(44(4,5)6)22-30(24-31)45(7,8)9/h16-18,21-27H,19-20H2,1-15H3. The molecule has 3 aromatic carbocycles. The minimum Gasteiger partial charge on any atom is -0.468 e. The molecule has 0 unspecified atom stereocenters. The first-order valence-corrected chi connectivity index (χ1v) is 19.6. The molecule has 8 rings (SSSR count). The number of hydrogen-bond acceptors (Lipinski definition) is 3. The summed E-state index contributed by atoms with van der Waals surface area (Å²) in [7, 11) is 0. The third-order valence-electron chi connectivity index (χ3n) is 13.1. The summed E-state index contributed by atoms with van der Waals surface area (Å²) in [5.41, 5.74) is 16.6. The van der Waals surface area contributed by atoms with E-state index in [0.717, 1.165) is 33.8 Å². The van der Waals surface area contributed by atoms with Crippen LogP contribution in [-0.2, 0) is 32.5 Å². The quantitative estimate of drug-likeness (QED) is 0.161. The van der Waals surface area contributed by atoms with E-state index >= 15 is 0 Å². The summed E-state index contributed by atoms with van der Waals surface area (Å²) in [4.78, 5) is 7.84. The highest BCUT2D eigenvalue weighted by Crippen LogP contribution is 2.50. The van der Waals surface area contributed by atoms with Gasteiger partial charge in [-0.25, -0.2) is 4.98 Å². The van der Waals surface area contributed by atoms with Gasteiger partial charge in [0.2, 0.25) is 0 Å². The van der Waals surface area contributed by atoms with Gasteiger partial charge in [-0.2, -0.15) is 0 Å². The Bertz CT molecular complexity index is 2260. The van der Waals surface area contributed by atoms with Crippen molar-refractivity contribution in [3.8, 4) is 0 Å². The summed E-state index contributed by atoms with van der Waals surface area (Å²) in [5, 5.41) is 1.16. The van der Waals surface area contributed by atoms with Gasteiger partial charge in [-0.3, -0.25) is 4.90 Å². The normalized spacial score (nSPS) is 18.5. The SMILES string of the molecule is CC(C)(C)c1cc(N2c3nccc4c3B(c3cc5c(cc3C4(C)C)C(C)(C)CCC5(C)C)c3oc4ccc(C(C)(C)C)cc4c32)cc(C(C)(C)C)c1. The molecule has 0 N–H and O–H groups in total. The smallest absolute Gasteiger partial charge is 0.295 e. The van der Waals surface area contributed by atoms with Crippen LogP contribution in [0.5, 0.6) is 0 Å². The van der Waals surface area contributed by atoms with Gasteiger partial charge in [0, 0.05) is 22.7 Å². The first-order chi connectivity index (χ1) is 23.9. The molecule has 4 heteroatoms. The fraction of sp³-hybridized carbons (Fsp3) is 0.479. The third-order valence-corrected chi connectivity index (χ3v) is 13.1. The van der Waals surface area contributed by atoms with Crippen LogP contribution in [-0.4, -0.2) is 11.7 Å². The molecular formula is C48H59BN2O. The number of benzene rings is 3. The minimum atomic E-state index is -0.218. The summed E-state index contributed by atoms with van der Waals surface area (Å²) < 4.78 is 7.25. The topological polar surface area (TPSA) is 29.3 Å². The molecule has 3 nitrogen and oxygen atoms in total. The van der Waals surface area contributed by atoms with E-state index in [-0.39, 0.29) is 39.2 Å². The van der Waals surface area contributed by atoms with Gasteiger partial charge in [0.05, 0.1) is 11.3 Å². The molecule has 0 radical (unpaired) electrons. The molecule has 4 heterocycles. The van der Waals surface area contributed by atoms with Crippen LogP contribution in [0.4, 0.5) is 17.2 Å². The fourth-order valence-corrected chi connectivity index (χ4v) is 9.41. The molecular weight excluding hydrogens is 631 g/mol. The Hall–Kier alpha value is -3.79. The van der Waals surface area contributed by atoms with Gasteiger partial charge in [-0.1, -0.05) is 134 Å². The van der Waals surface area contributed by atoms with E-state index < -0.39 is 0 Å². The monoisotopic (exact) mass is 690 g/mol. The second-order valence-electron chi connectivity index (χ2n) is 21.3. The van der Waals surface area contributed by atoms with Gasteiger partial charge in [-0.05, 0) is 115 Å². The van der Waals surface area contributed by atoms with E-state index in [9.17, 15) is 0 Å². The number of anilines is 3. The molecule has 0 amide bonds. The lowest BCUT2D eigenvalue weighted by molar-refractivity contribution is 0.331. The Kier molecular flexibility index (Phi) is 7.23. The maximum Gasteiger partial charge on any atom is 0.295 e. The molecule has 2 aromatic heterocycles. The van der Waals surface area contributed by atoms with Crippen molar-refractivity contribution in [1.82, 2.24) is 4.98 Å². The molecule has 0 fully saturated rings. The highest BCUT2D eigenvalue weighted by Gasteiger charge is 2.51. The van der Waals surface area contributed by atoms with E-state index in [2.05, 4.69) is 170 Å². The molecule has 0 atom stereocenters. The Balaban J connectivity index is 1.52. The number of pyridine rings is 1. The van der Waals surface area contributed by atoms with E-state index in [1.165, 1.54) is 62.7 Å². The molecule has 2 aliphatic heterocycles. The van der Waals surface area contributed by atoms with Crippen LogP contribution in [0.25, 0.3) is 11.0 Å². The highest BCUT2D eigenvalue weighted by molar-refractivity contribution is 6.98. The summed E-state index contributed by atoms with van der Waals surface area (Å²) in [5.74, 6) is 1.03. The molecule has 270 valence electrons. The van der Waals surface area contributed by atoms with E-state index in [4.69, 9.17) is 9.40 Å². The number of rotatable bonds is 1. The van der Waals surface area contributed by atoms with Crippen LogP contribution in [0.2, 0.25) is 0 Å². The van der Waals surface area contributed by atoms with Crippen molar-refractivity contribution in [3.05, 3.63) is 99.7 Å². The third kappa shape index (κ3) is 5.09. The molecule has 3 aliphatic rings. The predicted molar refractivity (Wildman–Crippen MR) is 223 cm³/mol. The Morgan fingerprint density at radius 3 is 1.79 bits per heavy atom. The number of furan rings is 1. The first kappa shape index (κ1) is 35.3. The number of hydrogen-bond donors (Lipinski definition) is 0. The van der Waals surface area contributed by atoms with Crippen LogP contribution >= 0.6 is 0 Å². The van der Waals surface area contributed by atoms with Crippen molar-refractivity contribution in [2.45, 2.75) is 149 Å². The lowest BCUT2D eigenvalue weighted by Crippen LogP contribution is -2.64. The van der Waals surface area contributed by atoms with Crippen LogP contribution in [0.3, 0.4) is 0 Å². The molecule has 0 bridgehead atoms. The zero-order valence-corrected chi connectivity index (χ0v) is 34.6. The average molecular weight is 691 g/mol. The van der Waals surface area contributed by atoms with Crippen LogP contribution in [0.15, 0.2) is 65.2 Å². The van der Waals surface area contributed by atoms with Gasteiger partial charge >= 0.3 is 0 Å². The first-order valence-electron chi connectivity index (χ1n) is 19.6. The summed E-state index contributed by atoms with van der Waals surface area (Å²) in [6.45, 7) is 35.4. The van der Waals surface area contributed by atoms with Crippen molar-refractivity contribution in [1.29, 1.82) is 0 Å². The molecule has 1 aliphatic carbocycles. The van der Waals surface area contributed by atoms with Crippen molar-refractivity contribution < 1.29 is 4.42 Å². The summed E-state index contributed by atoms with van der Waals surface area (Å²) in [6.07, 6.45) is 4.44. The Morgan fingerprint density at radius 2 is 1.21 bits per heavy atom. The lowest BCUT2D eigenvalue weighted by Gasteiger charge is -2.47. The van der Waals surface area contributed by atoms with Crippen molar-refractivity contribution in [3.63, 3.8) is 0 Å². The Labute approximate surface area is 313 Å². The second-order valence-corrected chi connectivity index (χ2v) is 21.3. The van der Waals surface area contributed by atoms with E-state index in [1.54, 1.807) is 0 Å². The van der Waals surface area contributed by atoms with Crippen LogP contribution in [0.1, 0.15) is 156 Å². The van der Waals surface area contributed by atoms with Crippen LogP contribution < -0.4 is 21.5 Å². The maximum atomic E-state index is 7.25. The number of fused-ring (bicyclic) bond motifs is 7. The zero-order chi connectivity index (χ0) is 37.7. The highest BCUT2D eigenvalue weighted by atomic mass is 16.3. The minimum absolute atomic E-state index is 0.00830. The molecule has 0 saturated carbocycles. The molecule has 5 aromatic rings. The van der Waals surface area contributed by atoms with Crippen molar-refractivity contribution >= 4 is 51.5 Å². The lowest BCUT2D eigenvalue weighted by atomic mass is 9.31. The molecule has 0 spiro atoms. The molecule has 52 heavy (non-hydrogen) atoms. The van der Waals surface area contributed by atoms with Gasteiger partial charge in [0.25, 0.3) is 6.71 Å². The largest absolute Gasteiger partial charge is 0.468 e. The summed E-state index contributed by atoms with van der Waals surface area (Å²) in [6, 6.07) is 21.6. The van der Waals surface area contributed by atoms with Gasteiger partial charge < -0.3 is 4.42 Å². The fourth-order valence-electron chi connectivity index (χ4n) is 9.41. The Morgan fingerprint density at radius 1 is 0.635 bits per heavy atom. The van der Waals surface area contributed by atoms with Crippen molar-refractivity contribution in [2.75, 3.05) is 4.90 Å². The van der Waals surface area contributed by atoms with Gasteiger partial charge in [-0.15, -0.1) is 0 Å². The molecule has 0 saturated heterocycles. The predicted octanol–water partition coefficient (Wildman–Crippen LogP) is 11.0. The van der Waals surface area contributed by atoms with E-state index in [1.807, 2.05) is 0 Å². The zero-order valence-electron chi connectivity index (χ0n) is 34.6. The average Bonchev–Trinajstić information content (AvgIpc) is 3.41. The number of nitrogens with zero attached hydrogens (tertiary/aromatic N) is 2. The van der Waals surface area contributed by atoms with Gasteiger partial charge in [0.15, 0.2) is 0 Å². The van der Waals surface area contributed by atoms with E-state index in [0.29, 0.717) is 0 Å². The maximum absolute atomic E-state index is 7.25. The number of aromatic nitrogens is 1. The second kappa shape index (κ2) is 10.7. The van der Waals surface area contributed by atoms with Gasteiger partial charge in [0.1, 0.15) is 11.4 Å². The van der Waals surface area contributed by atoms with Crippen LogP contribution in [0, 0.1) is 0 Å². The summed E-state index contributed by atoms with van der Waals surface area (Å²) >= 11 is 0. The van der Waals surface area contributed by atoms with Crippen molar-refractivity contribution in [2.24, 2.45) is 0 Å².